The smallest absolute Gasteiger partial charge is 0.262 e. The van der Waals surface area contributed by atoms with Crippen molar-refractivity contribution in [2.24, 2.45) is 0 Å². The predicted molar refractivity (Wildman–Crippen MR) is 106 cm³/mol. The number of imide groups is 1. The van der Waals surface area contributed by atoms with Gasteiger partial charge in [-0.25, -0.2) is 9.67 Å². The number of aromatic nitrogens is 3. The van der Waals surface area contributed by atoms with Gasteiger partial charge in [0.25, 0.3) is 11.8 Å². The third-order valence-electron chi connectivity index (χ3n) is 4.87. The Morgan fingerprint density at radius 1 is 0.929 bits per heavy atom. The van der Waals surface area contributed by atoms with E-state index in [1.54, 1.807) is 16.8 Å². The van der Waals surface area contributed by atoms with Gasteiger partial charge in [-0.2, -0.15) is 5.10 Å². The van der Waals surface area contributed by atoms with Crippen LogP contribution in [0.2, 0.25) is 5.02 Å². The molecule has 0 unspecified atom stereocenters. The van der Waals surface area contributed by atoms with Crippen LogP contribution in [-0.4, -0.2) is 38.5 Å². The van der Waals surface area contributed by atoms with Crippen molar-refractivity contribution in [2.45, 2.75) is 0 Å². The summed E-state index contributed by atoms with van der Waals surface area (Å²) in [7, 11) is 1.47. The first-order chi connectivity index (χ1) is 13.6. The molecule has 1 aliphatic rings. The SMILES string of the molecule is CN1C(=O)c2cnc3c(c(-c4ccc(Cl)cc4)nn3-c3ccccc3)c2C1=O. The average Bonchev–Trinajstić information content (AvgIpc) is 3.21. The zero-order valence-corrected chi connectivity index (χ0v) is 15.5. The van der Waals surface area contributed by atoms with Gasteiger partial charge < -0.3 is 0 Å². The Balaban J connectivity index is 1.90. The van der Waals surface area contributed by atoms with Crippen LogP contribution >= 0.6 is 11.6 Å². The zero-order chi connectivity index (χ0) is 19.4. The first-order valence-corrected chi connectivity index (χ1v) is 8.99. The van der Waals surface area contributed by atoms with Crippen LogP contribution in [0.5, 0.6) is 0 Å². The Morgan fingerprint density at radius 3 is 2.36 bits per heavy atom. The van der Waals surface area contributed by atoms with E-state index in [4.69, 9.17) is 16.7 Å². The molecular weight excluding hydrogens is 376 g/mol. The first kappa shape index (κ1) is 16.6. The molecule has 0 bridgehead atoms. The molecule has 0 fully saturated rings. The second-order valence-corrected chi connectivity index (χ2v) is 6.95. The molecule has 28 heavy (non-hydrogen) atoms. The molecule has 0 spiro atoms. The van der Waals surface area contributed by atoms with Gasteiger partial charge in [-0.15, -0.1) is 0 Å². The fourth-order valence-electron chi connectivity index (χ4n) is 3.47. The fourth-order valence-corrected chi connectivity index (χ4v) is 3.59. The summed E-state index contributed by atoms with van der Waals surface area (Å²) in [5.74, 6) is -0.709. The van der Waals surface area contributed by atoms with E-state index >= 15 is 0 Å². The van der Waals surface area contributed by atoms with E-state index in [0.717, 1.165) is 16.2 Å². The lowest BCUT2D eigenvalue weighted by Gasteiger charge is -2.03. The van der Waals surface area contributed by atoms with Gasteiger partial charge in [-0.1, -0.05) is 41.9 Å². The molecule has 136 valence electrons. The highest BCUT2D eigenvalue weighted by Gasteiger charge is 2.37. The Kier molecular flexibility index (Phi) is 3.57. The Labute approximate surface area is 165 Å². The number of benzene rings is 2. The van der Waals surface area contributed by atoms with Crippen LogP contribution in [0.15, 0.2) is 60.8 Å². The highest BCUT2D eigenvalue weighted by Crippen LogP contribution is 2.36. The summed E-state index contributed by atoms with van der Waals surface area (Å²) < 4.78 is 1.69. The lowest BCUT2D eigenvalue weighted by atomic mass is 10.0. The molecule has 2 aromatic carbocycles. The minimum Gasteiger partial charge on any atom is -0.277 e. The second-order valence-electron chi connectivity index (χ2n) is 6.52. The predicted octanol–water partition coefficient (Wildman–Crippen LogP) is 3.97. The number of halogens is 1. The first-order valence-electron chi connectivity index (χ1n) is 8.62. The van der Waals surface area contributed by atoms with Crippen LogP contribution in [0.25, 0.3) is 28.0 Å². The molecular formula is C21H13ClN4O2. The molecule has 0 radical (unpaired) electrons. The molecule has 2 amide bonds. The van der Waals surface area contributed by atoms with E-state index in [1.165, 1.54) is 13.2 Å². The van der Waals surface area contributed by atoms with Crippen LogP contribution in [0.3, 0.4) is 0 Å². The van der Waals surface area contributed by atoms with E-state index < -0.39 is 0 Å². The number of carbonyl (C=O) groups is 2. The number of rotatable bonds is 2. The number of fused-ring (bicyclic) bond motifs is 3. The topological polar surface area (TPSA) is 68.1 Å². The van der Waals surface area contributed by atoms with Gasteiger partial charge in [0.15, 0.2) is 5.65 Å². The quantitative estimate of drug-likeness (QED) is 0.487. The summed E-state index contributed by atoms with van der Waals surface area (Å²) in [6, 6.07) is 16.7. The summed E-state index contributed by atoms with van der Waals surface area (Å²) in [6.45, 7) is 0. The third-order valence-corrected chi connectivity index (χ3v) is 5.12. The van der Waals surface area contributed by atoms with E-state index in [1.807, 2.05) is 42.5 Å². The van der Waals surface area contributed by atoms with Crippen molar-refractivity contribution in [3.63, 3.8) is 0 Å². The number of hydrogen-bond donors (Lipinski definition) is 0. The normalized spacial score (nSPS) is 13.4. The van der Waals surface area contributed by atoms with Gasteiger partial charge in [0, 0.05) is 23.8 Å². The maximum absolute atomic E-state index is 12.8. The van der Waals surface area contributed by atoms with Gasteiger partial charge in [0.1, 0.15) is 5.69 Å². The molecule has 0 atom stereocenters. The molecule has 4 aromatic rings. The molecule has 7 heteroatoms. The van der Waals surface area contributed by atoms with Crippen LogP contribution in [0.1, 0.15) is 20.7 Å². The summed E-state index contributed by atoms with van der Waals surface area (Å²) in [4.78, 5) is 30.9. The fraction of sp³-hybridized carbons (Fsp3) is 0.0476. The number of carbonyl (C=O) groups excluding carboxylic acids is 2. The molecule has 0 saturated carbocycles. The van der Waals surface area contributed by atoms with Crippen molar-refractivity contribution >= 4 is 34.4 Å². The maximum atomic E-state index is 12.8. The highest BCUT2D eigenvalue weighted by molar-refractivity contribution is 6.30. The van der Waals surface area contributed by atoms with Crippen molar-refractivity contribution < 1.29 is 9.59 Å². The monoisotopic (exact) mass is 388 g/mol. The Hall–Kier alpha value is -3.51. The number of pyridine rings is 1. The molecule has 0 aliphatic carbocycles. The summed E-state index contributed by atoms with van der Waals surface area (Å²) in [5, 5.41) is 5.91. The minimum atomic E-state index is -0.357. The van der Waals surface area contributed by atoms with Crippen LogP contribution in [-0.2, 0) is 0 Å². The van der Waals surface area contributed by atoms with Crippen LogP contribution in [0.4, 0.5) is 0 Å². The Bertz CT molecular complexity index is 1260. The van der Waals surface area contributed by atoms with Gasteiger partial charge in [-0.05, 0) is 24.3 Å². The van der Waals surface area contributed by atoms with Crippen molar-refractivity contribution in [3.8, 4) is 16.9 Å². The number of para-hydroxylation sites is 1. The molecule has 3 heterocycles. The molecule has 6 nitrogen and oxygen atoms in total. The molecule has 5 rings (SSSR count). The third kappa shape index (κ3) is 2.28. The lowest BCUT2D eigenvalue weighted by Crippen LogP contribution is -2.24. The summed E-state index contributed by atoms with van der Waals surface area (Å²) in [5.41, 5.74) is 3.33. The van der Waals surface area contributed by atoms with E-state index in [2.05, 4.69) is 4.98 Å². The van der Waals surface area contributed by atoms with Crippen molar-refractivity contribution in [3.05, 3.63) is 76.9 Å². The molecule has 2 aromatic heterocycles. The van der Waals surface area contributed by atoms with Gasteiger partial charge in [0.2, 0.25) is 0 Å². The maximum Gasteiger partial charge on any atom is 0.262 e. The van der Waals surface area contributed by atoms with Crippen LogP contribution in [0, 0.1) is 0 Å². The highest BCUT2D eigenvalue weighted by atomic mass is 35.5. The standard InChI is InChI=1S/C21H13ClN4O2/c1-25-20(27)15-11-23-19-17(16(15)21(25)28)18(12-7-9-13(22)10-8-12)24-26(19)14-5-3-2-4-6-14/h2-11H,1H3. The Morgan fingerprint density at radius 2 is 1.64 bits per heavy atom. The second kappa shape index (κ2) is 6.00. The zero-order valence-electron chi connectivity index (χ0n) is 14.8. The van der Waals surface area contributed by atoms with E-state index in [9.17, 15) is 9.59 Å². The van der Waals surface area contributed by atoms with Crippen molar-refractivity contribution in [1.82, 2.24) is 19.7 Å². The van der Waals surface area contributed by atoms with Gasteiger partial charge in [-0.3, -0.25) is 14.5 Å². The number of amides is 2. The molecule has 0 saturated heterocycles. The van der Waals surface area contributed by atoms with Crippen molar-refractivity contribution in [2.75, 3.05) is 7.05 Å². The number of hydrogen-bond acceptors (Lipinski definition) is 4. The van der Waals surface area contributed by atoms with E-state index in [0.29, 0.717) is 32.9 Å². The summed E-state index contributed by atoms with van der Waals surface area (Å²) in [6.07, 6.45) is 1.45. The van der Waals surface area contributed by atoms with Crippen molar-refractivity contribution in [1.29, 1.82) is 0 Å². The molecule has 0 N–H and O–H groups in total. The van der Waals surface area contributed by atoms with Gasteiger partial charge >= 0.3 is 0 Å². The average molecular weight is 389 g/mol. The van der Waals surface area contributed by atoms with Gasteiger partial charge in [0.05, 0.1) is 22.2 Å². The summed E-state index contributed by atoms with van der Waals surface area (Å²) >= 11 is 6.03. The van der Waals surface area contributed by atoms with Crippen LogP contribution < -0.4 is 0 Å². The van der Waals surface area contributed by atoms with E-state index in [-0.39, 0.29) is 11.8 Å². The minimum absolute atomic E-state index is 0.294. The number of nitrogens with zero attached hydrogens (tertiary/aromatic N) is 4. The largest absolute Gasteiger partial charge is 0.277 e. The lowest BCUT2D eigenvalue weighted by molar-refractivity contribution is 0.0693. The molecule has 1 aliphatic heterocycles.